The molecule has 0 amide bonds. The molecule has 0 aromatic heterocycles. The first-order chi connectivity index (χ1) is 1.00. The van der Waals surface area contributed by atoms with Crippen LogP contribution in [0.4, 0.5) is 0 Å². The second-order valence-corrected chi connectivity index (χ2v) is 0. The van der Waals surface area contributed by atoms with Crippen LogP contribution in [0.25, 0.3) is 0 Å². The monoisotopic (exact) mass is 167 g/mol. The molecule has 0 fully saturated rings. The van der Waals surface area contributed by atoms with Crippen LogP contribution in [0.2, 0.25) is 0 Å². The minimum atomic E-state index is 0. The molecule has 0 aliphatic carbocycles. The standard InChI is InChI=1S/Al.Fe.Mg.Mn.5H. The molecular formula is H5AlFeMgMn. The summed E-state index contributed by atoms with van der Waals surface area (Å²) in [5.41, 5.74) is 0. The van der Waals surface area contributed by atoms with Gasteiger partial charge in [0.2, 0.25) is 0 Å². The molecule has 0 spiro atoms. The van der Waals surface area contributed by atoms with E-state index in [0.717, 1.165) is 0 Å². The van der Waals surface area contributed by atoms with E-state index in [1.165, 1.54) is 0 Å². The number of hydrogen-bond donors (Lipinski definition) is 0. The van der Waals surface area contributed by atoms with Crippen LogP contribution in [0.5, 0.6) is 0 Å². The topological polar surface area (TPSA) is 0 Å². The molecule has 0 N–H and O–H groups in total. The van der Waals surface area contributed by atoms with Crippen LogP contribution in [0.3, 0.4) is 0 Å². The molecule has 4 heavy (non-hydrogen) atoms. The van der Waals surface area contributed by atoms with E-state index in [2.05, 4.69) is 28.4 Å². The Bertz CT molecular complexity index is 8.00. The van der Waals surface area contributed by atoms with E-state index in [1.54, 1.807) is 0 Å². The summed E-state index contributed by atoms with van der Waals surface area (Å²) in [5.74, 6) is 0. The van der Waals surface area contributed by atoms with Gasteiger partial charge in [-0.1, -0.05) is 0 Å². The third kappa shape index (κ3) is 8.84. The van der Waals surface area contributed by atoms with Gasteiger partial charge in [-0.2, -0.15) is 0 Å². The predicted octanol–water partition coefficient (Wildman–Crippen LogP) is -2.11. The molecule has 0 saturated carbocycles. The van der Waals surface area contributed by atoms with Gasteiger partial charge in [-0.3, -0.25) is 0 Å². The Morgan fingerprint density at radius 1 is 1.25 bits per heavy atom. The van der Waals surface area contributed by atoms with Crippen molar-refractivity contribution in [2.24, 2.45) is 0 Å². The van der Waals surface area contributed by atoms with E-state index < -0.39 is 0 Å². The van der Waals surface area contributed by atoms with Gasteiger partial charge in [-0.25, -0.2) is 0 Å². The Labute approximate surface area is 67.9 Å². The fourth-order valence-corrected chi connectivity index (χ4v) is 0. The Morgan fingerprint density at radius 2 is 1.25 bits per heavy atom. The fraction of sp³-hybridized carbons (Fsp3) is 0. The average molecular weight is 167 g/mol. The van der Waals surface area contributed by atoms with Gasteiger partial charge < -0.3 is 0 Å². The van der Waals surface area contributed by atoms with Gasteiger partial charge in [0.05, 0.1) is 0 Å². The molecule has 0 radical (unpaired) electrons. The van der Waals surface area contributed by atoms with E-state index in [-0.39, 0.29) is 40.4 Å². The third-order valence-electron chi connectivity index (χ3n) is 0. The van der Waals surface area contributed by atoms with E-state index >= 15 is 0 Å². The van der Waals surface area contributed by atoms with Gasteiger partial charge in [0.1, 0.15) is 0 Å². The summed E-state index contributed by atoms with van der Waals surface area (Å²) in [6.45, 7) is 0. The van der Waals surface area contributed by atoms with Crippen molar-refractivity contribution in [1.82, 2.24) is 0 Å². The van der Waals surface area contributed by atoms with E-state index in [0.29, 0.717) is 0 Å². The first-order valence-electron chi connectivity index (χ1n) is 0.134. The van der Waals surface area contributed by atoms with Gasteiger partial charge in [0.25, 0.3) is 0 Å². The summed E-state index contributed by atoms with van der Waals surface area (Å²) in [6, 6.07) is 0. The van der Waals surface area contributed by atoms with E-state index in [1.807, 2.05) is 0 Å². The maximum absolute atomic E-state index is 3.06. The van der Waals surface area contributed by atoms with Crippen LogP contribution in [0.1, 0.15) is 0 Å². The summed E-state index contributed by atoms with van der Waals surface area (Å²) in [6.07, 6.45) is 0. The molecule has 0 unspecified atom stereocenters. The first kappa shape index (κ1) is 16.2. The fourth-order valence-electron chi connectivity index (χ4n) is 0. The van der Waals surface area contributed by atoms with Gasteiger partial charge in [-0.05, 0) is 0 Å². The van der Waals surface area contributed by atoms with Gasteiger partial charge in [0, 0.05) is 0 Å². The normalized spacial score (nSPS) is 1.50. The number of rotatable bonds is 0. The zero-order chi connectivity index (χ0) is 2.00. The van der Waals surface area contributed by atoms with E-state index in [4.69, 9.17) is 0 Å². The summed E-state index contributed by atoms with van der Waals surface area (Å²) < 4.78 is 0. The Hall–Kier alpha value is 2.34. The molecule has 0 atom stereocenters. The second kappa shape index (κ2) is 18.4. The van der Waals surface area contributed by atoms with Gasteiger partial charge >= 0.3 is 51.4 Å². The van der Waals surface area contributed by atoms with Crippen molar-refractivity contribution < 1.29 is 28.4 Å². The van der Waals surface area contributed by atoms with Crippen molar-refractivity contribution >= 4 is 40.4 Å². The average Bonchev–Trinajstić information content (AvgIpc) is 1.00. The molecule has 0 heterocycles. The summed E-state index contributed by atoms with van der Waals surface area (Å²) in [4.78, 5) is 0. The molecule has 0 aromatic carbocycles. The zero-order valence-corrected chi connectivity index (χ0v) is 3.02. The Kier molecular flexibility index (Phi) is 74.5. The molecule has 0 aliphatic rings. The van der Waals surface area contributed by atoms with Gasteiger partial charge in [0.15, 0.2) is 17.4 Å². The van der Waals surface area contributed by atoms with Crippen molar-refractivity contribution in [3.63, 3.8) is 0 Å². The minimum absolute atomic E-state index is 0. The first-order valence-corrected chi connectivity index (χ1v) is 2.27. The van der Waals surface area contributed by atoms with Crippen molar-refractivity contribution in [3.05, 3.63) is 0 Å². The molecule has 0 rings (SSSR count). The number of hydrogen-bond acceptors (Lipinski definition) is 0. The summed E-state index contributed by atoms with van der Waals surface area (Å²) in [7, 11) is 0. The van der Waals surface area contributed by atoms with E-state index in [9.17, 15) is 0 Å². The molecule has 0 aliphatic heterocycles. The molecular weight excluding hydrogens is 162 g/mol. The van der Waals surface area contributed by atoms with Crippen LogP contribution >= 0.6 is 0 Å². The predicted molar refractivity (Wildman–Crippen MR) is 18.5 cm³/mol. The Morgan fingerprint density at radius 3 is 1.25 bits per heavy atom. The van der Waals surface area contributed by atoms with Crippen LogP contribution in [0.15, 0.2) is 0 Å². The van der Waals surface area contributed by atoms with Crippen molar-refractivity contribution in [2.45, 2.75) is 0 Å². The van der Waals surface area contributed by atoms with Crippen molar-refractivity contribution in [1.29, 1.82) is 0 Å². The third-order valence-corrected chi connectivity index (χ3v) is 0. The molecule has 25 valence electrons. The van der Waals surface area contributed by atoms with Crippen molar-refractivity contribution in [2.75, 3.05) is 0 Å². The molecule has 0 saturated heterocycles. The SMILES string of the molecule is [AlH3].[MgH2].[Mn][Fe]. The van der Waals surface area contributed by atoms with Crippen LogP contribution in [-0.2, 0) is 28.4 Å². The molecule has 0 bridgehead atoms. The van der Waals surface area contributed by atoms with Crippen molar-refractivity contribution in [3.8, 4) is 0 Å². The summed E-state index contributed by atoms with van der Waals surface area (Å²) in [5, 5.41) is 0. The van der Waals surface area contributed by atoms with Crippen LogP contribution in [0, 0.1) is 0 Å². The molecule has 0 nitrogen and oxygen atoms in total. The summed E-state index contributed by atoms with van der Waals surface area (Å²) >= 11 is 5.75. The quantitative estimate of drug-likeness (QED) is 0.362. The van der Waals surface area contributed by atoms with Crippen LogP contribution in [-0.4, -0.2) is 40.4 Å². The molecule has 4 heteroatoms. The zero-order valence-electron chi connectivity index (χ0n) is 0.732. The van der Waals surface area contributed by atoms with Crippen LogP contribution < -0.4 is 0 Å². The Balaban J connectivity index is -0.00000000500. The molecule has 0 aromatic rings. The maximum atomic E-state index is 3.06. The second-order valence-electron chi connectivity index (χ2n) is 0. The van der Waals surface area contributed by atoms with Gasteiger partial charge in [-0.15, -0.1) is 0 Å².